The minimum absolute atomic E-state index is 0.121. The Kier molecular flexibility index (Phi) is 4.77. The van der Waals surface area contributed by atoms with Crippen molar-refractivity contribution in [1.82, 2.24) is 14.9 Å². The lowest BCUT2D eigenvalue weighted by Gasteiger charge is -2.32. The summed E-state index contributed by atoms with van der Waals surface area (Å²) in [5.74, 6) is -0.995. The molecule has 0 saturated heterocycles. The second-order valence-electron chi connectivity index (χ2n) is 7.20. The van der Waals surface area contributed by atoms with Crippen molar-refractivity contribution in [3.63, 3.8) is 0 Å². The first-order valence-electron chi connectivity index (χ1n) is 9.36. The zero-order valence-electron chi connectivity index (χ0n) is 15.2. The summed E-state index contributed by atoms with van der Waals surface area (Å²) >= 11 is 0. The van der Waals surface area contributed by atoms with E-state index in [4.69, 9.17) is 0 Å². The molecule has 2 N–H and O–H groups in total. The van der Waals surface area contributed by atoms with E-state index < -0.39 is 5.69 Å². The Bertz CT molecular complexity index is 964. The molecule has 1 fully saturated rings. The number of carbonyl (C=O) groups is 3. The van der Waals surface area contributed by atoms with E-state index >= 15 is 0 Å². The number of hydrogen-bond acceptors (Lipinski definition) is 5. The molecule has 1 aliphatic carbocycles. The molecule has 2 heterocycles. The molecule has 2 aliphatic rings. The summed E-state index contributed by atoms with van der Waals surface area (Å²) in [5.41, 5.74) is 0.293. The van der Waals surface area contributed by atoms with Crippen LogP contribution >= 0.6 is 0 Å². The monoisotopic (exact) mass is 380 g/mol. The number of nitrogens with one attached hydrogen (secondary N) is 2. The second-order valence-corrected chi connectivity index (χ2v) is 7.20. The third-order valence-electron chi connectivity index (χ3n) is 5.47. The number of nitrogens with zero attached hydrogens (tertiary/aromatic N) is 2. The third kappa shape index (κ3) is 3.33. The Labute approximate surface area is 161 Å². The Morgan fingerprint density at radius 1 is 1.07 bits per heavy atom. The minimum atomic E-state index is -0.538. The van der Waals surface area contributed by atoms with Crippen molar-refractivity contribution in [2.75, 3.05) is 11.9 Å². The van der Waals surface area contributed by atoms with Crippen molar-refractivity contribution in [2.24, 2.45) is 11.8 Å². The lowest BCUT2D eigenvalue weighted by atomic mass is 9.78. The van der Waals surface area contributed by atoms with Crippen molar-refractivity contribution < 1.29 is 14.4 Å². The standard InChI is InChI=1S/C20H20N4O4/c25-17(22-16-9-10-21-20(28)23-16)13-6-2-1-5-12(13)11-24-18(26)14-7-3-4-8-15(14)19(24)27/h3-4,7-10,12-13H,1-2,5-6,11H2,(H2,21,22,23,25,28). The maximum Gasteiger partial charge on any atom is 0.346 e. The summed E-state index contributed by atoms with van der Waals surface area (Å²) in [7, 11) is 0. The van der Waals surface area contributed by atoms with Gasteiger partial charge < -0.3 is 5.32 Å². The Hall–Kier alpha value is -3.29. The number of amides is 3. The summed E-state index contributed by atoms with van der Waals surface area (Å²) in [6.07, 6.45) is 4.62. The van der Waals surface area contributed by atoms with Crippen molar-refractivity contribution in [3.05, 3.63) is 58.1 Å². The van der Waals surface area contributed by atoms with Crippen LogP contribution in [0.4, 0.5) is 5.82 Å². The van der Waals surface area contributed by atoms with Gasteiger partial charge >= 0.3 is 5.69 Å². The van der Waals surface area contributed by atoms with Crippen LogP contribution in [0.5, 0.6) is 0 Å². The molecule has 28 heavy (non-hydrogen) atoms. The van der Waals surface area contributed by atoms with Gasteiger partial charge in [0.25, 0.3) is 11.8 Å². The predicted molar refractivity (Wildman–Crippen MR) is 101 cm³/mol. The highest BCUT2D eigenvalue weighted by atomic mass is 16.2. The summed E-state index contributed by atoms with van der Waals surface area (Å²) in [4.78, 5) is 56.7. The van der Waals surface area contributed by atoms with Gasteiger partial charge in [0.1, 0.15) is 5.82 Å². The number of aromatic amines is 1. The maximum absolute atomic E-state index is 12.8. The average molecular weight is 380 g/mol. The van der Waals surface area contributed by atoms with Gasteiger partial charge in [0.05, 0.1) is 11.1 Å². The molecule has 4 rings (SSSR count). The maximum atomic E-state index is 12.8. The van der Waals surface area contributed by atoms with Gasteiger partial charge in [-0.2, -0.15) is 0 Å². The summed E-state index contributed by atoms with van der Waals surface area (Å²) in [6.45, 7) is 0.220. The molecule has 2 aromatic rings. The Balaban J connectivity index is 1.50. The lowest BCUT2D eigenvalue weighted by Crippen LogP contribution is -2.41. The van der Waals surface area contributed by atoms with Gasteiger partial charge in [-0.05, 0) is 37.0 Å². The van der Waals surface area contributed by atoms with Gasteiger partial charge in [-0.3, -0.25) is 24.3 Å². The van der Waals surface area contributed by atoms with Gasteiger partial charge in [-0.15, -0.1) is 0 Å². The molecule has 0 bridgehead atoms. The molecule has 8 nitrogen and oxygen atoms in total. The molecule has 2 atom stereocenters. The van der Waals surface area contributed by atoms with E-state index in [2.05, 4.69) is 15.3 Å². The van der Waals surface area contributed by atoms with Crippen LogP contribution in [-0.2, 0) is 4.79 Å². The number of hydrogen-bond donors (Lipinski definition) is 2. The van der Waals surface area contributed by atoms with Crippen LogP contribution in [0.25, 0.3) is 0 Å². The molecule has 1 aromatic carbocycles. The Morgan fingerprint density at radius 2 is 1.75 bits per heavy atom. The van der Waals surface area contributed by atoms with Crippen LogP contribution in [-0.4, -0.2) is 39.1 Å². The highest BCUT2D eigenvalue weighted by molar-refractivity contribution is 6.21. The molecule has 1 aliphatic heterocycles. The summed E-state index contributed by atoms with van der Waals surface area (Å²) < 4.78 is 0. The topological polar surface area (TPSA) is 112 Å². The molecule has 0 radical (unpaired) electrons. The lowest BCUT2D eigenvalue weighted by molar-refractivity contribution is -0.122. The van der Waals surface area contributed by atoms with Gasteiger partial charge in [0, 0.05) is 18.7 Å². The zero-order valence-corrected chi connectivity index (χ0v) is 15.2. The Morgan fingerprint density at radius 3 is 2.43 bits per heavy atom. The first-order valence-corrected chi connectivity index (χ1v) is 9.36. The molecule has 144 valence electrons. The summed E-state index contributed by atoms with van der Waals surface area (Å²) in [5, 5.41) is 2.72. The highest BCUT2D eigenvalue weighted by Gasteiger charge is 2.40. The van der Waals surface area contributed by atoms with E-state index in [1.54, 1.807) is 24.3 Å². The van der Waals surface area contributed by atoms with Crippen LogP contribution in [0.1, 0.15) is 46.4 Å². The number of rotatable bonds is 4. The van der Waals surface area contributed by atoms with E-state index in [1.165, 1.54) is 17.2 Å². The molecule has 8 heteroatoms. The van der Waals surface area contributed by atoms with E-state index in [0.29, 0.717) is 17.5 Å². The van der Waals surface area contributed by atoms with Gasteiger partial charge in [-0.25, -0.2) is 9.78 Å². The van der Waals surface area contributed by atoms with Crippen LogP contribution in [0, 0.1) is 11.8 Å². The highest BCUT2D eigenvalue weighted by Crippen LogP contribution is 2.33. The number of imide groups is 1. The van der Waals surface area contributed by atoms with E-state index in [0.717, 1.165) is 19.3 Å². The third-order valence-corrected chi connectivity index (χ3v) is 5.47. The number of aromatic nitrogens is 2. The van der Waals surface area contributed by atoms with Gasteiger partial charge in [0.2, 0.25) is 5.91 Å². The molecule has 3 amide bonds. The average Bonchev–Trinajstić information content (AvgIpc) is 2.94. The fourth-order valence-corrected chi connectivity index (χ4v) is 4.08. The SMILES string of the molecule is O=C(Nc1ccnc(=O)[nH]1)C1CCCCC1CN1C(=O)c2ccccc2C1=O. The van der Waals surface area contributed by atoms with Gasteiger partial charge in [-0.1, -0.05) is 25.0 Å². The normalized spacial score (nSPS) is 21.5. The van der Waals surface area contributed by atoms with E-state index in [9.17, 15) is 19.2 Å². The quantitative estimate of drug-likeness (QED) is 0.786. The van der Waals surface area contributed by atoms with E-state index in [-0.39, 0.29) is 41.9 Å². The predicted octanol–water partition coefficient (Wildman–Crippen LogP) is 1.81. The fourth-order valence-electron chi connectivity index (χ4n) is 4.08. The zero-order chi connectivity index (χ0) is 19.7. The first-order chi connectivity index (χ1) is 13.5. The molecular formula is C20H20N4O4. The second kappa shape index (κ2) is 7.38. The van der Waals surface area contributed by atoms with Crippen LogP contribution in [0.15, 0.2) is 41.3 Å². The molecular weight excluding hydrogens is 360 g/mol. The molecule has 1 aromatic heterocycles. The van der Waals surface area contributed by atoms with Crippen molar-refractivity contribution >= 4 is 23.5 Å². The number of anilines is 1. The number of benzene rings is 1. The van der Waals surface area contributed by atoms with Crippen LogP contribution in [0.2, 0.25) is 0 Å². The number of fused-ring (bicyclic) bond motifs is 1. The van der Waals surface area contributed by atoms with Crippen molar-refractivity contribution in [2.45, 2.75) is 25.7 Å². The van der Waals surface area contributed by atoms with E-state index in [1.807, 2.05) is 0 Å². The minimum Gasteiger partial charge on any atom is -0.312 e. The van der Waals surface area contributed by atoms with Crippen LogP contribution in [0.3, 0.4) is 0 Å². The van der Waals surface area contributed by atoms with Crippen molar-refractivity contribution in [1.29, 1.82) is 0 Å². The fraction of sp³-hybridized carbons (Fsp3) is 0.350. The molecule has 1 saturated carbocycles. The van der Waals surface area contributed by atoms with Crippen LogP contribution < -0.4 is 11.0 Å². The largest absolute Gasteiger partial charge is 0.346 e. The summed E-state index contributed by atoms with van der Waals surface area (Å²) in [6, 6.07) is 8.29. The smallest absolute Gasteiger partial charge is 0.312 e. The number of carbonyl (C=O) groups excluding carboxylic acids is 3. The van der Waals surface area contributed by atoms with Crippen molar-refractivity contribution in [3.8, 4) is 0 Å². The first kappa shape index (κ1) is 18.1. The molecule has 2 unspecified atom stereocenters. The van der Waals surface area contributed by atoms with Gasteiger partial charge in [0.15, 0.2) is 0 Å². The number of H-pyrrole nitrogens is 1. The molecule has 0 spiro atoms.